The lowest BCUT2D eigenvalue weighted by atomic mass is 10.0. The molecule has 0 spiro atoms. The molecule has 1 N–H and O–H groups in total. The van der Waals surface area contributed by atoms with Gasteiger partial charge in [-0.3, -0.25) is 4.79 Å². The molecule has 31 heavy (non-hydrogen) atoms. The number of nitrogens with zero attached hydrogens (tertiary/aromatic N) is 1. The van der Waals surface area contributed by atoms with Crippen molar-refractivity contribution >= 4 is 5.91 Å². The first-order chi connectivity index (χ1) is 15.1. The van der Waals surface area contributed by atoms with Crippen molar-refractivity contribution in [3.8, 4) is 11.5 Å². The molecule has 5 heteroatoms. The highest BCUT2D eigenvalue weighted by atomic mass is 16.5. The van der Waals surface area contributed by atoms with Gasteiger partial charge < -0.3 is 19.5 Å². The number of carbonyl (C=O) groups is 1. The van der Waals surface area contributed by atoms with Gasteiger partial charge in [0, 0.05) is 13.0 Å². The van der Waals surface area contributed by atoms with Crippen LogP contribution in [-0.4, -0.2) is 42.3 Å². The fourth-order valence-corrected chi connectivity index (χ4v) is 4.08. The predicted molar refractivity (Wildman–Crippen MR) is 119 cm³/mol. The zero-order valence-corrected chi connectivity index (χ0v) is 17.6. The highest BCUT2D eigenvalue weighted by Crippen LogP contribution is 2.34. The van der Waals surface area contributed by atoms with E-state index in [-0.39, 0.29) is 18.6 Å². The second-order valence-electron chi connectivity index (χ2n) is 7.79. The van der Waals surface area contributed by atoms with E-state index in [4.69, 9.17) is 9.47 Å². The molecule has 160 valence electrons. The Bertz CT molecular complexity index is 1020. The highest BCUT2D eigenvalue weighted by molar-refractivity contribution is 5.78. The minimum Gasteiger partial charge on any atom is -0.497 e. The van der Waals surface area contributed by atoms with Crippen molar-refractivity contribution in [1.82, 2.24) is 4.90 Å². The summed E-state index contributed by atoms with van der Waals surface area (Å²) in [4.78, 5) is 14.7. The van der Waals surface area contributed by atoms with Crippen LogP contribution < -0.4 is 9.47 Å². The number of benzene rings is 3. The molecular weight excluding hydrogens is 390 g/mol. The monoisotopic (exact) mass is 417 g/mol. The van der Waals surface area contributed by atoms with Crippen LogP contribution in [0.15, 0.2) is 78.9 Å². The van der Waals surface area contributed by atoms with Crippen molar-refractivity contribution in [3.63, 3.8) is 0 Å². The predicted octanol–water partition coefficient (Wildman–Crippen LogP) is 4.00. The molecule has 2 atom stereocenters. The van der Waals surface area contributed by atoms with E-state index in [1.807, 2.05) is 66.7 Å². The van der Waals surface area contributed by atoms with E-state index in [1.54, 1.807) is 12.0 Å². The standard InChI is InChI=1S/C26H27NO4/c1-30-23-12-7-11-20(15-23)24-16-22(28)17-27(24)26(29)18-31-25-13-6-5-10-21(25)14-19-8-3-2-4-9-19/h2-13,15,22,24,28H,14,16-18H2,1H3/t22-,24+/m1/s1. The topological polar surface area (TPSA) is 59.0 Å². The fourth-order valence-electron chi connectivity index (χ4n) is 4.08. The molecule has 0 unspecified atom stereocenters. The maximum atomic E-state index is 13.0. The van der Waals surface area contributed by atoms with Crippen LogP contribution in [0.3, 0.4) is 0 Å². The number of hydrogen-bond acceptors (Lipinski definition) is 4. The van der Waals surface area contributed by atoms with Gasteiger partial charge in [0.05, 0.1) is 19.3 Å². The van der Waals surface area contributed by atoms with Gasteiger partial charge in [0.1, 0.15) is 11.5 Å². The third-order valence-electron chi connectivity index (χ3n) is 5.64. The summed E-state index contributed by atoms with van der Waals surface area (Å²) in [6, 6.07) is 25.4. The highest BCUT2D eigenvalue weighted by Gasteiger charge is 2.35. The summed E-state index contributed by atoms with van der Waals surface area (Å²) in [6.07, 6.45) is 0.689. The van der Waals surface area contributed by atoms with Crippen molar-refractivity contribution < 1.29 is 19.4 Å². The summed E-state index contributed by atoms with van der Waals surface area (Å²) in [7, 11) is 1.62. The van der Waals surface area contributed by atoms with Crippen molar-refractivity contribution in [2.75, 3.05) is 20.3 Å². The molecule has 4 rings (SSSR count). The Morgan fingerprint density at radius 2 is 1.81 bits per heavy atom. The maximum Gasteiger partial charge on any atom is 0.261 e. The third-order valence-corrected chi connectivity index (χ3v) is 5.64. The Labute approximate surface area is 182 Å². The van der Waals surface area contributed by atoms with Crippen molar-refractivity contribution in [2.24, 2.45) is 0 Å². The Morgan fingerprint density at radius 3 is 2.61 bits per heavy atom. The van der Waals surface area contributed by atoms with Crippen LogP contribution in [0.2, 0.25) is 0 Å². The van der Waals surface area contributed by atoms with Crippen molar-refractivity contribution in [1.29, 1.82) is 0 Å². The Balaban J connectivity index is 1.46. The van der Waals surface area contributed by atoms with Gasteiger partial charge in [0.2, 0.25) is 0 Å². The minimum atomic E-state index is -0.550. The minimum absolute atomic E-state index is 0.0704. The molecule has 0 aromatic heterocycles. The molecule has 1 saturated heterocycles. The van der Waals surface area contributed by atoms with Crippen LogP contribution >= 0.6 is 0 Å². The number of aliphatic hydroxyl groups excluding tert-OH is 1. The van der Waals surface area contributed by atoms with Crippen LogP contribution in [-0.2, 0) is 11.2 Å². The molecule has 0 aliphatic carbocycles. The van der Waals surface area contributed by atoms with Crippen LogP contribution in [0.5, 0.6) is 11.5 Å². The number of hydrogen-bond donors (Lipinski definition) is 1. The largest absolute Gasteiger partial charge is 0.497 e. The van der Waals surface area contributed by atoms with Gasteiger partial charge in [0.25, 0.3) is 5.91 Å². The number of β-amino-alcohol motifs (C(OH)–C–C–N with tert-alkyl or cyclic N) is 1. The molecule has 5 nitrogen and oxygen atoms in total. The van der Waals surface area contributed by atoms with E-state index in [0.717, 1.165) is 23.3 Å². The lowest BCUT2D eigenvalue weighted by Crippen LogP contribution is -2.35. The smallest absolute Gasteiger partial charge is 0.261 e. The van der Waals surface area contributed by atoms with Crippen LogP contribution in [0, 0.1) is 0 Å². The molecule has 3 aromatic rings. The average Bonchev–Trinajstić information content (AvgIpc) is 3.21. The van der Waals surface area contributed by atoms with Gasteiger partial charge in [-0.1, -0.05) is 60.7 Å². The number of ether oxygens (including phenoxy) is 2. The summed E-state index contributed by atoms with van der Waals surface area (Å²) in [5.74, 6) is 1.30. The van der Waals surface area contributed by atoms with E-state index in [9.17, 15) is 9.90 Å². The molecule has 1 aliphatic rings. The van der Waals surface area contributed by atoms with E-state index in [0.29, 0.717) is 18.7 Å². The van der Waals surface area contributed by atoms with Gasteiger partial charge in [-0.05, 0) is 41.3 Å². The van der Waals surface area contributed by atoms with Gasteiger partial charge in [-0.2, -0.15) is 0 Å². The Kier molecular flexibility index (Phi) is 6.53. The zero-order valence-electron chi connectivity index (χ0n) is 17.6. The fraction of sp³-hybridized carbons (Fsp3) is 0.269. The summed E-state index contributed by atoms with van der Waals surface area (Å²) in [5.41, 5.74) is 3.17. The second kappa shape index (κ2) is 9.67. The molecule has 3 aromatic carbocycles. The van der Waals surface area contributed by atoms with Crippen molar-refractivity contribution in [2.45, 2.75) is 25.0 Å². The molecule has 1 aliphatic heterocycles. The van der Waals surface area contributed by atoms with Gasteiger partial charge in [-0.15, -0.1) is 0 Å². The summed E-state index contributed by atoms with van der Waals surface area (Å²) in [5, 5.41) is 10.2. The third kappa shape index (κ3) is 5.06. The molecule has 0 bridgehead atoms. The van der Waals surface area contributed by atoms with E-state index < -0.39 is 6.10 Å². The number of para-hydroxylation sites is 1. The zero-order chi connectivity index (χ0) is 21.6. The van der Waals surface area contributed by atoms with E-state index in [1.165, 1.54) is 5.56 Å². The lowest BCUT2D eigenvalue weighted by molar-refractivity contribution is -0.134. The first-order valence-electron chi connectivity index (χ1n) is 10.5. The quantitative estimate of drug-likeness (QED) is 0.631. The molecular formula is C26H27NO4. The number of amides is 1. The van der Waals surface area contributed by atoms with Crippen molar-refractivity contribution in [3.05, 3.63) is 95.6 Å². The van der Waals surface area contributed by atoms with Crippen LogP contribution in [0.1, 0.15) is 29.2 Å². The first-order valence-corrected chi connectivity index (χ1v) is 10.5. The number of likely N-dealkylation sites (tertiary alicyclic amines) is 1. The molecule has 1 fully saturated rings. The summed E-state index contributed by atoms with van der Waals surface area (Å²) >= 11 is 0. The number of aliphatic hydroxyl groups is 1. The molecule has 1 amide bonds. The van der Waals surface area contributed by atoms with Gasteiger partial charge >= 0.3 is 0 Å². The number of methoxy groups -OCH3 is 1. The summed E-state index contributed by atoms with van der Waals surface area (Å²) < 4.78 is 11.3. The Hall–Kier alpha value is -3.31. The normalized spacial score (nSPS) is 18.1. The molecule has 0 saturated carbocycles. The first kappa shape index (κ1) is 20.9. The van der Waals surface area contributed by atoms with Crippen LogP contribution in [0.4, 0.5) is 0 Å². The number of carbonyl (C=O) groups excluding carboxylic acids is 1. The number of rotatable bonds is 7. The van der Waals surface area contributed by atoms with Gasteiger partial charge in [-0.25, -0.2) is 0 Å². The lowest BCUT2D eigenvalue weighted by Gasteiger charge is -2.25. The SMILES string of the molecule is COc1cccc([C@@H]2C[C@@H](O)CN2C(=O)COc2ccccc2Cc2ccccc2)c1. The Morgan fingerprint density at radius 1 is 1.03 bits per heavy atom. The molecule has 0 radical (unpaired) electrons. The van der Waals surface area contributed by atoms with E-state index >= 15 is 0 Å². The van der Waals surface area contributed by atoms with E-state index in [2.05, 4.69) is 12.1 Å². The molecule has 1 heterocycles. The van der Waals surface area contributed by atoms with Gasteiger partial charge in [0.15, 0.2) is 6.61 Å². The van der Waals surface area contributed by atoms with Crippen LogP contribution in [0.25, 0.3) is 0 Å². The second-order valence-corrected chi connectivity index (χ2v) is 7.79. The average molecular weight is 418 g/mol. The maximum absolute atomic E-state index is 13.0. The summed E-state index contributed by atoms with van der Waals surface area (Å²) in [6.45, 7) is 0.231.